The minimum atomic E-state index is 0.795. The summed E-state index contributed by atoms with van der Waals surface area (Å²) in [6.07, 6.45) is 11.4. The molecule has 0 heterocycles. The van der Waals surface area contributed by atoms with Gasteiger partial charge in [-0.2, -0.15) is 0 Å². The molecule has 1 aliphatic carbocycles. The highest BCUT2D eigenvalue weighted by Gasteiger charge is 2.19. The first-order valence-corrected chi connectivity index (χ1v) is 6.68. The largest absolute Gasteiger partial charge is 0.0991 e. The van der Waals surface area contributed by atoms with E-state index in [4.69, 9.17) is 0 Å². The monoisotopic (exact) mass is 226 g/mol. The summed E-state index contributed by atoms with van der Waals surface area (Å²) in [4.78, 5) is 0. The van der Waals surface area contributed by atoms with Gasteiger partial charge in [-0.1, -0.05) is 68.8 Å². The third kappa shape index (κ3) is 3.33. The molecular formula is C17H22. The Morgan fingerprint density at radius 2 is 1.71 bits per heavy atom. The molecule has 0 unspecified atom stereocenters. The fourth-order valence-electron chi connectivity index (χ4n) is 2.65. The molecule has 0 radical (unpaired) electrons. The maximum absolute atomic E-state index is 3.69. The number of hydrogen-bond donors (Lipinski definition) is 0. The van der Waals surface area contributed by atoms with E-state index < -0.39 is 0 Å². The predicted octanol–water partition coefficient (Wildman–Crippen LogP) is 5.18. The molecule has 1 fully saturated rings. The van der Waals surface area contributed by atoms with Crippen molar-refractivity contribution in [1.29, 1.82) is 0 Å². The average Bonchev–Trinajstić information content (AvgIpc) is 2.38. The van der Waals surface area contributed by atoms with Gasteiger partial charge in [-0.3, -0.25) is 0 Å². The molecule has 0 bridgehead atoms. The Labute approximate surface area is 105 Å². The molecule has 0 atom stereocenters. The molecule has 1 aliphatic rings. The summed E-state index contributed by atoms with van der Waals surface area (Å²) in [6.45, 7) is 6.06. The Hall–Kier alpha value is -1.30. The van der Waals surface area contributed by atoms with E-state index in [9.17, 15) is 0 Å². The van der Waals surface area contributed by atoms with E-state index in [2.05, 4.69) is 43.8 Å². The standard InChI is InChI=1S/C17H22/c1-3-4-5-15-8-12-17(13-9-15)16-10-6-14(2)7-11-16/h3-5,8-9,12-14,16H,1,6-7,10-11H2,2H3/b5-4+. The Morgan fingerprint density at radius 1 is 1.06 bits per heavy atom. The molecule has 0 nitrogen and oxygen atoms in total. The van der Waals surface area contributed by atoms with E-state index in [1.807, 2.05) is 12.2 Å². The summed E-state index contributed by atoms with van der Waals surface area (Å²) < 4.78 is 0. The molecule has 1 aromatic carbocycles. The molecule has 0 heteroatoms. The van der Waals surface area contributed by atoms with E-state index in [0.29, 0.717) is 0 Å². The summed E-state index contributed by atoms with van der Waals surface area (Å²) in [7, 11) is 0. The van der Waals surface area contributed by atoms with E-state index in [1.54, 1.807) is 0 Å². The Kier molecular flexibility index (Phi) is 4.19. The van der Waals surface area contributed by atoms with Crippen molar-refractivity contribution in [3.8, 4) is 0 Å². The molecule has 1 saturated carbocycles. The summed E-state index contributed by atoms with van der Waals surface area (Å²) in [5, 5.41) is 0. The van der Waals surface area contributed by atoms with Crippen LogP contribution in [0, 0.1) is 5.92 Å². The van der Waals surface area contributed by atoms with E-state index in [0.717, 1.165) is 11.8 Å². The lowest BCUT2D eigenvalue weighted by Crippen LogP contribution is -2.10. The highest BCUT2D eigenvalue weighted by Crippen LogP contribution is 2.35. The van der Waals surface area contributed by atoms with E-state index in [-0.39, 0.29) is 0 Å². The summed E-state index contributed by atoms with van der Waals surface area (Å²) in [6, 6.07) is 9.02. The van der Waals surface area contributed by atoms with Crippen molar-refractivity contribution >= 4 is 6.08 Å². The molecule has 0 aliphatic heterocycles. The van der Waals surface area contributed by atoms with Crippen LogP contribution in [0.25, 0.3) is 6.08 Å². The highest BCUT2D eigenvalue weighted by atomic mass is 14.2. The zero-order valence-electron chi connectivity index (χ0n) is 10.7. The molecule has 1 aromatic rings. The molecule has 2 rings (SSSR count). The first-order chi connectivity index (χ1) is 8.29. The van der Waals surface area contributed by atoms with Crippen molar-refractivity contribution in [2.75, 3.05) is 0 Å². The maximum Gasteiger partial charge on any atom is -0.0162 e. The zero-order valence-corrected chi connectivity index (χ0v) is 10.7. The molecule has 0 spiro atoms. The van der Waals surface area contributed by atoms with Gasteiger partial charge < -0.3 is 0 Å². The molecule has 0 amide bonds. The smallest absolute Gasteiger partial charge is 0.0162 e. The van der Waals surface area contributed by atoms with Gasteiger partial charge in [0.1, 0.15) is 0 Å². The van der Waals surface area contributed by atoms with Crippen LogP contribution in [-0.4, -0.2) is 0 Å². The zero-order chi connectivity index (χ0) is 12.1. The second-order valence-electron chi connectivity index (χ2n) is 5.22. The van der Waals surface area contributed by atoms with Crippen molar-refractivity contribution in [1.82, 2.24) is 0 Å². The lowest BCUT2D eigenvalue weighted by Gasteiger charge is -2.26. The average molecular weight is 226 g/mol. The molecule has 0 saturated heterocycles. The van der Waals surface area contributed by atoms with Gasteiger partial charge >= 0.3 is 0 Å². The van der Waals surface area contributed by atoms with Crippen LogP contribution in [0.1, 0.15) is 49.7 Å². The minimum Gasteiger partial charge on any atom is -0.0991 e. The predicted molar refractivity (Wildman–Crippen MR) is 76.0 cm³/mol. The lowest BCUT2D eigenvalue weighted by atomic mass is 9.79. The van der Waals surface area contributed by atoms with Crippen molar-refractivity contribution < 1.29 is 0 Å². The minimum absolute atomic E-state index is 0.795. The number of hydrogen-bond acceptors (Lipinski definition) is 0. The van der Waals surface area contributed by atoms with Crippen LogP contribution < -0.4 is 0 Å². The molecular weight excluding hydrogens is 204 g/mol. The van der Waals surface area contributed by atoms with Crippen LogP contribution in [0.5, 0.6) is 0 Å². The van der Waals surface area contributed by atoms with Gasteiger partial charge in [0, 0.05) is 0 Å². The third-order valence-corrected chi connectivity index (χ3v) is 3.85. The van der Waals surface area contributed by atoms with Crippen LogP contribution in [0.15, 0.2) is 43.0 Å². The molecule has 90 valence electrons. The van der Waals surface area contributed by atoms with Crippen molar-refractivity contribution in [2.24, 2.45) is 5.92 Å². The van der Waals surface area contributed by atoms with Crippen LogP contribution in [0.3, 0.4) is 0 Å². The quantitative estimate of drug-likeness (QED) is 0.623. The number of rotatable bonds is 3. The van der Waals surface area contributed by atoms with E-state index >= 15 is 0 Å². The van der Waals surface area contributed by atoms with Crippen LogP contribution in [-0.2, 0) is 0 Å². The Morgan fingerprint density at radius 3 is 2.29 bits per heavy atom. The van der Waals surface area contributed by atoms with Gasteiger partial charge in [-0.05, 0) is 35.8 Å². The maximum atomic E-state index is 3.69. The normalized spacial score (nSPS) is 25.0. The van der Waals surface area contributed by atoms with Gasteiger partial charge in [-0.15, -0.1) is 0 Å². The molecule has 17 heavy (non-hydrogen) atoms. The first kappa shape index (κ1) is 12.2. The topological polar surface area (TPSA) is 0 Å². The summed E-state index contributed by atoms with van der Waals surface area (Å²) in [5.74, 6) is 1.73. The van der Waals surface area contributed by atoms with Crippen LogP contribution >= 0.6 is 0 Å². The second kappa shape index (κ2) is 5.86. The van der Waals surface area contributed by atoms with Crippen molar-refractivity contribution in [2.45, 2.75) is 38.5 Å². The Balaban J connectivity index is 2.02. The first-order valence-electron chi connectivity index (χ1n) is 6.68. The van der Waals surface area contributed by atoms with Crippen LogP contribution in [0.4, 0.5) is 0 Å². The van der Waals surface area contributed by atoms with Crippen LogP contribution in [0.2, 0.25) is 0 Å². The Bertz CT molecular complexity index is 375. The fourth-order valence-corrected chi connectivity index (χ4v) is 2.65. The SMILES string of the molecule is C=C/C=C/c1ccc(C2CCC(C)CC2)cc1. The van der Waals surface area contributed by atoms with Gasteiger partial charge in [-0.25, -0.2) is 0 Å². The number of allylic oxidation sites excluding steroid dienone is 2. The highest BCUT2D eigenvalue weighted by molar-refractivity contribution is 5.51. The third-order valence-electron chi connectivity index (χ3n) is 3.85. The number of benzene rings is 1. The molecule has 0 aromatic heterocycles. The van der Waals surface area contributed by atoms with Crippen molar-refractivity contribution in [3.05, 3.63) is 54.1 Å². The second-order valence-corrected chi connectivity index (χ2v) is 5.22. The summed E-state index contributed by atoms with van der Waals surface area (Å²) >= 11 is 0. The van der Waals surface area contributed by atoms with E-state index in [1.165, 1.54) is 36.8 Å². The van der Waals surface area contributed by atoms with Gasteiger partial charge in [0.25, 0.3) is 0 Å². The van der Waals surface area contributed by atoms with Gasteiger partial charge in [0.2, 0.25) is 0 Å². The summed E-state index contributed by atoms with van der Waals surface area (Å²) in [5.41, 5.74) is 2.78. The van der Waals surface area contributed by atoms with Crippen molar-refractivity contribution in [3.63, 3.8) is 0 Å². The van der Waals surface area contributed by atoms with Gasteiger partial charge in [0.05, 0.1) is 0 Å². The fraction of sp³-hybridized carbons (Fsp3) is 0.412. The molecule has 0 N–H and O–H groups in total. The van der Waals surface area contributed by atoms with Gasteiger partial charge in [0.15, 0.2) is 0 Å². The lowest BCUT2D eigenvalue weighted by molar-refractivity contribution is 0.348.